The molecule has 0 atom stereocenters. The number of benzene rings is 2. The molecule has 0 saturated carbocycles. The highest BCUT2D eigenvalue weighted by atomic mass is 16.5. The highest BCUT2D eigenvalue weighted by molar-refractivity contribution is 6.06. The largest absolute Gasteiger partial charge is 0.381 e. The number of aromatic nitrogens is 1. The van der Waals surface area contributed by atoms with Gasteiger partial charge in [0.05, 0.1) is 11.6 Å². The van der Waals surface area contributed by atoms with Crippen LogP contribution in [0.25, 0.3) is 10.9 Å². The molecule has 4 rings (SSSR count). The zero-order chi connectivity index (χ0) is 19.5. The summed E-state index contributed by atoms with van der Waals surface area (Å²) in [4.78, 5) is 19.4. The van der Waals surface area contributed by atoms with Gasteiger partial charge < -0.3 is 15.0 Å². The summed E-state index contributed by atoms with van der Waals surface area (Å²) < 4.78 is 5.44. The summed E-state index contributed by atoms with van der Waals surface area (Å²) in [5.41, 5.74) is 4.62. The van der Waals surface area contributed by atoms with Gasteiger partial charge in [-0.25, -0.2) is 0 Å². The molecule has 1 fully saturated rings. The zero-order valence-corrected chi connectivity index (χ0v) is 16.3. The molecule has 0 radical (unpaired) electrons. The van der Waals surface area contributed by atoms with Gasteiger partial charge in [0.1, 0.15) is 0 Å². The molecule has 1 aliphatic rings. The number of fused-ring (bicyclic) bond motifs is 1. The second-order valence-corrected chi connectivity index (χ2v) is 7.28. The van der Waals surface area contributed by atoms with E-state index in [0.29, 0.717) is 11.7 Å². The van der Waals surface area contributed by atoms with Crippen LogP contribution in [-0.4, -0.2) is 37.2 Å². The molecule has 0 spiro atoms. The summed E-state index contributed by atoms with van der Waals surface area (Å²) in [6, 6.07) is 15.6. The van der Waals surface area contributed by atoms with Crippen LogP contribution in [0.3, 0.4) is 0 Å². The Balaban J connectivity index is 1.44. The summed E-state index contributed by atoms with van der Waals surface area (Å²) in [6.45, 7) is 4.02. The number of rotatable bonds is 4. The Morgan fingerprint density at radius 2 is 1.86 bits per heavy atom. The van der Waals surface area contributed by atoms with Gasteiger partial charge in [-0.15, -0.1) is 0 Å². The monoisotopic (exact) mass is 375 g/mol. The van der Waals surface area contributed by atoms with E-state index in [0.717, 1.165) is 48.1 Å². The molecule has 1 amide bonds. The standard InChI is InChI=1S/C23H25N3O2/c1-16-9-12-24-22-8-3-17(15-21(16)22)23(27)25-18-4-6-19(7-5-18)26-13-10-20(28-2)11-14-26/h3-9,12,15,20H,10-11,13-14H2,1-2H3,(H,25,27). The number of amides is 1. The van der Waals surface area contributed by atoms with Crippen LogP contribution in [-0.2, 0) is 4.74 Å². The molecule has 3 aromatic rings. The predicted octanol–water partition coefficient (Wildman–Crippen LogP) is 4.41. The van der Waals surface area contributed by atoms with Gasteiger partial charge in [-0.2, -0.15) is 0 Å². The Hall–Kier alpha value is -2.92. The highest BCUT2D eigenvalue weighted by Crippen LogP contribution is 2.24. The zero-order valence-electron chi connectivity index (χ0n) is 16.3. The van der Waals surface area contributed by atoms with Crippen molar-refractivity contribution in [2.24, 2.45) is 0 Å². The number of nitrogens with one attached hydrogen (secondary N) is 1. The van der Waals surface area contributed by atoms with Gasteiger partial charge in [-0.3, -0.25) is 9.78 Å². The van der Waals surface area contributed by atoms with Gasteiger partial charge in [0.25, 0.3) is 5.91 Å². The lowest BCUT2D eigenvalue weighted by Crippen LogP contribution is -2.36. The maximum atomic E-state index is 12.7. The van der Waals surface area contributed by atoms with Gasteiger partial charge in [-0.05, 0) is 73.9 Å². The van der Waals surface area contributed by atoms with Crippen LogP contribution in [0.2, 0.25) is 0 Å². The molecule has 0 unspecified atom stereocenters. The molecule has 5 heteroatoms. The Bertz CT molecular complexity index is 977. The van der Waals surface area contributed by atoms with Crippen LogP contribution < -0.4 is 10.2 Å². The minimum Gasteiger partial charge on any atom is -0.381 e. The number of anilines is 2. The molecule has 1 aliphatic heterocycles. The van der Waals surface area contributed by atoms with Crippen molar-refractivity contribution in [1.82, 2.24) is 4.98 Å². The number of hydrogen-bond acceptors (Lipinski definition) is 4. The van der Waals surface area contributed by atoms with Crippen LogP contribution in [0.1, 0.15) is 28.8 Å². The Labute approximate surface area is 165 Å². The maximum absolute atomic E-state index is 12.7. The topological polar surface area (TPSA) is 54.5 Å². The quantitative estimate of drug-likeness (QED) is 0.734. The van der Waals surface area contributed by atoms with Crippen LogP contribution in [0.4, 0.5) is 11.4 Å². The third-order valence-electron chi connectivity index (χ3n) is 5.49. The molecule has 28 heavy (non-hydrogen) atoms. The third-order valence-corrected chi connectivity index (χ3v) is 5.49. The molecule has 144 valence electrons. The van der Waals surface area contributed by atoms with Crippen molar-refractivity contribution in [3.63, 3.8) is 0 Å². The van der Waals surface area contributed by atoms with Crippen LogP contribution in [0.15, 0.2) is 54.7 Å². The summed E-state index contributed by atoms with van der Waals surface area (Å²) in [6.07, 6.45) is 4.25. The van der Waals surface area contributed by atoms with Crippen molar-refractivity contribution in [3.8, 4) is 0 Å². The van der Waals surface area contributed by atoms with Crippen molar-refractivity contribution in [2.75, 3.05) is 30.4 Å². The fourth-order valence-electron chi connectivity index (χ4n) is 3.73. The summed E-state index contributed by atoms with van der Waals surface area (Å²) >= 11 is 0. The highest BCUT2D eigenvalue weighted by Gasteiger charge is 2.18. The molecule has 0 aliphatic carbocycles. The van der Waals surface area contributed by atoms with Crippen molar-refractivity contribution >= 4 is 28.2 Å². The molecular formula is C23H25N3O2. The van der Waals surface area contributed by atoms with Gasteiger partial charge in [0.2, 0.25) is 0 Å². The molecule has 2 heterocycles. The number of hydrogen-bond donors (Lipinski definition) is 1. The number of piperidine rings is 1. The van der Waals surface area contributed by atoms with Crippen molar-refractivity contribution in [2.45, 2.75) is 25.9 Å². The Morgan fingerprint density at radius 3 is 2.57 bits per heavy atom. The van der Waals surface area contributed by atoms with Gasteiger partial charge in [0, 0.05) is 48.7 Å². The number of pyridine rings is 1. The van der Waals surface area contributed by atoms with E-state index in [1.54, 1.807) is 13.3 Å². The summed E-state index contributed by atoms with van der Waals surface area (Å²) in [5, 5.41) is 4.00. The smallest absolute Gasteiger partial charge is 0.255 e. The average molecular weight is 375 g/mol. The Kier molecular flexibility index (Phi) is 5.26. The van der Waals surface area contributed by atoms with E-state index in [9.17, 15) is 4.79 Å². The first-order valence-corrected chi connectivity index (χ1v) is 9.68. The van der Waals surface area contributed by atoms with E-state index in [1.807, 2.05) is 43.3 Å². The second kappa shape index (κ2) is 7.98. The van der Waals surface area contributed by atoms with E-state index in [2.05, 4.69) is 27.3 Å². The fourth-order valence-corrected chi connectivity index (χ4v) is 3.73. The Morgan fingerprint density at radius 1 is 1.11 bits per heavy atom. The average Bonchev–Trinajstić information content (AvgIpc) is 2.74. The van der Waals surface area contributed by atoms with Crippen molar-refractivity contribution < 1.29 is 9.53 Å². The molecule has 5 nitrogen and oxygen atoms in total. The number of methoxy groups -OCH3 is 1. The summed E-state index contributed by atoms with van der Waals surface area (Å²) in [5.74, 6) is -0.112. The van der Waals surface area contributed by atoms with Gasteiger partial charge >= 0.3 is 0 Å². The lowest BCUT2D eigenvalue weighted by Gasteiger charge is -2.33. The van der Waals surface area contributed by atoms with Crippen molar-refractivity contribution in [3.05, 3.63) is 65.9 Å². The molecular weight excluding hydrogens is 350 g/mol. The lowest BCUT2D eigenvalue weighted by atomic mass is 10.1. The molecule has 1 saturated heterocycles. The van der Waals surface area contributed by atoms with E-state index in [-0.39, 0.29) is 5.91 Å². The van der Waals surface area contributed by atoms with Gasteiger partial charge in [0.15, 0.2) is 0 Å². The molecule has 1 N–H and O–H groups in total. The van der Waals surface area contributed by atoms with Crippen molar-refractivity contribution in [1.29, 1.82) is 0 Å². The predicted molar refractivity (Wildman–Crippen MR) is 113 cm³/mol. The lowest BCUT2D eigenvalue weighted by molar-refractivity contribution is 0.0819. The number of aryl methyl sites for hydroxylation is 1. The molecule has 2 aromatic carbocycles. The van der Waals surface area contributed by atoms with E-state index in [1.165, 1.54) is 5.69 Å². The molecule has 1 aromatic heterocycles. The number of ether oxygens (including phenoxy) is 1. The first-order chi connectivity index (χ1) is 13.6. The molecule has 0 bridgehead atoms. The normalized spacial score (nSPS) is 15.0. The minimum absolute atomic E-state index is 0.112. The SMILES string of the molecule is COC1CCN(c2ccc(NC(=O)c3ccc4nccc(C)c4c3)cc2)CC1. The first-order valence-electron chi connectivity index (χ1n) is 9.68. The summed E-state index contributed by atoms with van der Waals surface area (Å²) in [7, 11) is 1.78. The second-order valence-electron chi connectivity index (χ2n) is 7.28. The number of nitrogens with zero attached hydrogens (tertiary/aromatic N) is 2. The minimum atomic E-state index is -0.112. The van der Waals surface area contributed by atoms with Crippen LogP contribution in [0.5, 0.6) is 0 Å². The first kappa shape index (κ1) is 18.4. The van der Waals surface area contributed by atoms with Gasteiger partial charge in [-0.1, -0.05) is 0 Å². The van der Waals surface area contributed by atoms with Crippen LogP contribution >= 0.6 is 0 Å². The fraction of sp³-hybridized carbons (Fsp3) is 0.304. The van der Waals surface area contributed by atoms with E-state index < -0.39 is 0 Å². The van der Waals surface area contributed by atoms with Crippen LogP contribution in [0, 0.1) is 6.92 Å². The van der Waals surface area contributed by atoms with E-state index >= 15 is 0 Å². The van der Waals surface area contributed by atoms with E-state index in [4.69, 9.17) is 4.74 Å². The number of carbonyl (C=O) groups excluding carboxylic acids is 1. The third kappa shape index (κ3) is 3.85. The number of carbonyl (C=O) groups is 1. The maximum Gasteiger partial charge on any atom is 0.255 e.